The number of nitrogens with one attached hydrogen (secondary N) is 1. The van der Waals surface area contributed by atoms with Crippen LogP contribution in [0.2, 0.25) is 25.7 Å². The lowest BCUT2D eigenvalue weighted by Gasteiger charge is -2.45. The van der Waals surface area contributed by atoms with Gasteiger partial charge in [0.2, 0.25) is 7.59 Å². The summed E-state index contributed by atoms with van der Waals surface area (Å²) in [5, 5.41) is 2.63. The molecule has 0 aromatic heterocycles. The van der Waals surface area contributed by atoms with Crippen molar-refractivity contribution in [3.63, 3.8) is 0 Å². The predicted molar refractivity (Wildman–Crippen MR) is 323 cm³/mol. The first-order valence-electron chi connectivity index (χ1n) is 28.6. The predicted octanol–water partition coefficient (Wildman–Crippen LogP) is 17.5. The second-order valence-corrected chi connectivity index (χ2v) is 33.9. The molecule has 81 heavy (non-hydrogen) atoms. The fraction of sp³-hybridized carbons (Fsp3) is 0.719. The Morgan fingerprint density at radius 3 is 1.68 bits per heavy atom. The van der Waals surface area contributed by atoms with Gasteiger partial charge in [0.05, 0.1) is 6.42 Å². The van der Waals surface area contributed by atoms with Crippen molar-refractivity contribution in [3.05, 3.63) is 60.7 Å². The second kappa shape index (κ2) is 37.9. The van der Waals surface area contributed by atoms with Crippen molar-refractivity contribution in [3.8, 4) is 11.5 Å². The molecule has 6 atom stereocenters. The number of alkyl carbamates (subject to hydrolysis) is 1. The van der Waals surface area contributed by atoms with Crippen molar-refractivity contribution < 1.29 is 70.5 Å². The molecule has 1 amide bonds. The van der Waals surface area contributed by atoms with Gasteiger partial charge in [0, 0.05) is 21.1 Å². The number of esters is 2. The second-order valence-electron chi connectivity index (χ2n) is 22.0. The van der Waals surface area contributed by atoms with Crippen molar-refractivity contribution >= 4 is 110 Å². The average molecular weight is 1300 g/mol. The first kappa shape index (κ1) is 72.8. The number of alkyl halides is 6. The maximum atomic E-state index is 15.4. The molecule has 1 aliphatic heterocycles. The standard InChI is InChI=1S/C57H88Cl6NO15PSi/c1-8-10-12-14-16-18-20-22-26-36-45(73-47(65)37-31-23-21-19-17-15-13-11-9-2)40-48(66)75-51-49(64-53(67)72-42-56(58,59)60)52(70-38-39-81(5,6)7)74-46(41-71-54(68)76-55(3,4)57(61,62)63)50(51)79-80(69,77-43-32-27-24-28-33-43)78-44-34-29-25-30-35-44/h24-25,27-30,32-35,45-46,49-52H,8-23,26,31,36-42H2,1-7H3,(H,64,67)/t45-,46-,49-,50-,51-,52-/m1/s1. The van der Waals surface area contributed by atoms with Crippen LogP contribution in [0.15, 0.2) is 60.7 Å². The Bertz CT molecular complexity index is 2110. The molecule has 1 saturated heterocycles. The summed E-state index contributed by atoms with van der Waals surface area (Å²) in [6.07, 6.45) is 8.68. The number of carbonyl (C=O) groups excluding carboxylic acids is 4. The van der Waals surface area contributed by atoms with E-state index in [0.717, 1.165) is 57.8 Å². The fourth-order valence-corrected chi connectivity index (χ4v) is 10.8. The number of hydrogen-bond donors (Lipinski definition) is 1. The first-order valence-corrected chi connectivity index (χ1v) is 36.0. The summed E-state index contributed by atoms with van der Waals surface area (Å²) in [5.41, 5.74) is -1.73. The first-order chi connectivity index (χ1) is 38.2. The Labute approximate surface area is 512 Å². The number of hydrogen-bond acceptors (Lipinski definition) is 15. The van der Waals surface area contributed by atoms with Crippen LogP contribution in [-0.4, -0.2) is 102 Å². The molecule has 2 aromatic rings. The number of benzene rings is 2. The van der Waals surface area contributed by atoms with Crippen LogP contribution >= 0.6 is 77.4 Å². The van der Waals surface area contributed by atoms with Crippen LogP contribution in [0.25, 0.3) is 0 Å². The highest BCUT2D eigenvalue weighted by atomic mass is 35.6. The Balaban J connectivity index is 2.16. The molecule has 0 spiro atoms. The molecule has 0 unspecified atom stereocenters. The normalized spacial score (nSPS) is 18.3. The maximum Gasteiger partial charge on any atom is 0.588 e. The van der Waals surface area contributed by atoms with E-state index in [1.54, 1.807) is 36.4 Å². The third-order valence-corrected chi connectivity index (χ3v) is 17.8. The molecular weight excluding hydrogens is 1210 g/mol. The molecule has 0 aliphatic carbocycles. The molecule has 0 bridgehead atoms. The largest absolute Gasteiger partial charge is 0.588 e. The highest BCUT2D eigenvalue weighted by Gasteiger charge is 2.55. The molecule has 462 valence electrons. The molecule has 16 nitrogen and oxygen atoms in total. The molecule has 0 radical (unpaired) electrons. The monoisotopic (exact) mass is 1300 g/mol. The Morgan fingerprint density at radius 2 is 1.19 bits per heavy atom. The van der Waals surface area contributed by atoms with Crippen molar-refractivity contribution in [2.24, 2.45) is 0 Å². The minimum absolute atomic E-state index is 0.0356. The van der Waals surface area contributed by atoms with Crippen molar-refractivity contribution in [2.75, 3.05) is 19.8 Å². The van der Waals surface area contributed by atoms with Crippen LogP contribution in [0.4, 0.5) is 9.59 Å². The number of carbonyl (C=O) groups is 4. The van der Waals surface area contributed by atoms with E-state index in [0.29, 0.717) is 25.3 Å². The fourth-order valence-electron chi connectivity index (χ4n) is 8.38. The zero-order valence-electron chi connectivity index (χ0n) is 48.3. The lowest BCUT2D eigenvalue weighted by molar-refractivity contribution is -0.269. The highest BCUT2D eigenvalue weighted by Crippen LogP contribution is 2.53. The van der Waals surface area contributed by atoms with Gasteiger partial charge in [-0.1, -0.05) is 242 Å². The smallest absolute Gasteiger partial charge is 0.462 e. The van der Waals surface area contributed by atoms with E-state index in [9.17, 15) is 19.2 Å². The van der Waals surface area contributed by atoms with Gasteiger partial charge < -0.3 is 47.5 Å². The van der Waals surface area contributed by atoms with Crippen LogP contribution in [0.1, 0.15) is 163 Å². The maximum absolute atomic E-state index is 15.4. The van der Waals surface area contributed by atoms with Crippen LogP contribution in [0.3, 0.4) is 0 Å². The lowest BCUT2D eigenvalue weighted by Crippen LogP contribution is -2.66. The number of phosphoric ester groups is 1. The summed E-state index contributed by atoms with van der Waals surface area (Å²) in [5.74, 6) is -1.31. The third-order valence-electron chi connectivity index (χ3n) is 13.1. The lowest BCUT2D eigenvalue weighted by atomic mass is 9.96. The Morgan fingerprint density at radius 1 is 0.679 bits per heavy atom. The number of ether oxygens (including phenoxy) is 7. The summed E-state index contributed by atoms with van der Waals surface area (Å²) in [7, 11) is -6.84. The van der Waals surface area contributed by atoms with Gasteiger partial charge >= 0.3 is 32.0 Å². The van der Waals surface area contributed by atoms with Gasteiger partial charge in [-0.3, -0.25) is 14.1 Å². The van der Waals surface area contributed by atoms with Crippen LogP contribution < -0.4 is 14.4 Å². The average Bonchev–Trinajstić information content (AvgIpc) is 3.54. The van der Waals surface area contributed by atoms with E-state index < -0.39 is 110 Å². The number of rotatable bonds is 39. The van der Waals surface area contributed by atoms with Gasteiger partial charge in [-0.15, -0.1) is 0 Å². The Hall–Kier alpha value is -2.41. The van der Waals surface area contributed by atoms with Gasteiger partial charge in [-0.25, -0.2) is 14.2 Å². The molecule has 1 N–H and O–H groups in total. The summed E-state index contributed by atoms with van der Waals surface area (Å²) in [4.78, 5) is 55.7. The van der Waals surface area contributed by atoms with E-state index >= 15 is 4.57 Å². The van der Waals surface area contributed by atoms with E-state index in [2.05, 4.69) is 38.8 Å². The molecule has 1 heterocycles. The van der Waals surface area contributed by atoms with Crippen molar-refractivity contribution in [1.29, 1.82) is 0 Å². The minimum atomic E-state index is -5.01. The molecule has 3 rings (SSSR count). The number of unbranched alkanes of at least 4 members (excludes halogenated alkanes) is 16. The van der Waals surface area contributed by atoms with E-state index in [-0.39, 0.29) is 24.5 Å². The number of halogens is 6. The summed E-state index contributed by atoms with van der Waals surface area (Å²) in [6.45, 7) is 11.9. The van der Waals surface area contributed by atoms with Crippen LogP contribution in [0, 0.1) is 0 Å². The quantitative estimate of drug-likeness (QED) is 0.0166. The van der Waals surface area contributed by atoms with Gasteiger partial charge in [0.1, 0.15) is 49.1 Å². The Kier molecular flexibility index (Phi) is 34.1. The molecule has 1 fully saturated rings. The zero-order chi connectivity index (χ0) is 60.0. The van der Waals surface area contributed by atoms with Gasteiger partial charge in [0.15, 0.2) is 18.0 Å². The summed E-state index contributed by atoms with van der Waals surface area (Å²) >= 11 is 36.4. The molecule has 24 heteroatoms. The van der Waals surface area contributed by atoms with E-state index in [1.165, 1.54) is 83.1 Å². The van der Waals surface area contributed by atoms with Crippen LogP contribution in [-0.2, 0) is 51.8 Å². The van der Waals surface area contributed by atoms with Crippen LogP contribution in [0.5, 0.6) is 11.5 Å². The SMILES string of the molecule is CCCCCCCCCCCC(=O)O[C@H](CCCCCCCCCCC)CC(=O)O[C@@H]1[C@@H](NC(=O)OCC(Cl)(Cl)Cl)[C@H](OCC[Si](C)(C)C)O[C@H](COC(=O)OC(C)(C)C(Cl)(Cl)Cl)[C@H]1OP(=O)(Oc1ccccc1)Oc1ccccc1. The molecule has 0 saturated carbocycles. The molecule has 2 aromatic carbocycles. The highest BCUT2D eigenvalue weighted by molar-refractivity contribution is 7.49. The van der Waals surface area contributed by atoms with Crippen molar-refractivity contribution in [2.45, 2.75) is 238 Å². The summed E-state index contributed by atoms with van der Waals surface area (Å²) < 4.78 is 71.5. The van der Waals surface area contributed by atoms with Gasteiger partial charge in [-0.2, -0.15) is 0 Å². The third kappa shape index (κ3) is 31.5. The van der Waals surface area contributed by atoms with Gasteiger partial charge in [0.25, 0.3) is 0 Å². The number of phosphoric acid groups is 1. The zero-order valence-corrected chi connectivity index (χ0v) is 54.7. The summed E-state index contributed by atoms with van der Waals surface area (Å²) in [6, 6.07) is 14.9. The molecule has 1 aliphatic rings. The van der Waals surface area contributed by atoms with E-state index in [1.807, 2.05) is 0 Å². The van der Waals surface area contributed by atoms with E-state index in [4.69, 9.17) is 116 Å². The van der Waals surface area contributed by atoms with Gasteiger partial charge in [-0.05, 0) is 63.4 Å². The minimum Gasteiger partial charge on any atom is -0.462 e. The molecular formula is C57H88Cl6NO15PSi. The number of amides is 1. The van der Waals surface area contributed by atoms with Crippen molar-refractivity contribution in [1.82, 2.24) is 5.32 Å². The topological polar surface area (TPSA) is 190 Å². The number of para-hydroxylation sites is 2.